The average molecular weight is 309 g/mol. The van der Waals surface area contributed by atoms with Crippen molar-refractivity contribution in [2.45, 2.75) is 39.0 Å². The van der Waals surface area contributed by atoms with Crippen molar-refractivity contribution < 1.29 is 29.0 Å². The van der Waals surface area contributed by atoms with Gasteiger partial charge in [0.15, 0.2) is 0 Å². The molecule has 0 spiro atoms. The van der Waals surface area contributed by atoms with E-state index in [4.69, 9.17) is 14.6 Å². The first kappa shape index (κ1) is 17.5. The van der Waals surface area contributed by atoms with Crippen molar-refractivity contribution in [3.8, 4) is 0 Å². The smallest absolute Gasteiger partial charge is 0.408 e. The molecule has 1 aromatic carbocycles. The SMILES string of the molecule is CC(C)OC(=O)C[C@H](NC(=O)OCc1ccccc1)C(=O)O. The fourth-order valence-corrected chi connectivity index (χ4v) is 1.58. The second kappa shape index (κ2) is 8.66. The van der Waals surface area contributed by atoms with E-state index in [1.807, 2.05) is 6.07 Å². The zero-order valence-electron chi connectivity index (χ0n) is 12.4. The number of esters is 1. The molecule has 1 aromatic rings. The maximum Gasteiger partial charge on any atom is 0.408 e. The Hall–Kier alpha value is -2.57. The molecular formula is C15H19NO6. The molecule has 0 saturated carbocycles. The van der Waals surface area contributed by atoms with Crippen molar-refractivity contribution in [1.82, 2.24) is 5.32 Å². The summed E-state index contributed by atoms with van der Waals surface area (Å²) in [5.41, 5.74) is 0.767. The normalized spacial score (nSPS) is 11.6. The quantitative estimate of drug-likeness (QED) is 0.743. The molecule has 0 aliphatic carbocycles. The van der Waals surface area contributed by atoms with Crippen LogP contribution in [0.25, 0.3) is 0 Å². The number of carbonyl (C=O) groups is 3. The van der Waals surface area contributed by atoms with E-state index in [9.17, 15) is 14.4 Å². The molecule has 0 aliphatic heterocycles. The molecule has 0 radical (unpaired) electrons. The maximum atomic E-state index is 11.6. The molecule has 0 saturated heterocycles. The Morgan fingerprint density at radius 2 is 1.82 bits per heavy atom. The van der Waals surface area contributed by atoms with Crippen molar-refractivity contribution in [2.75, 3.05) is 0 Å². The molecule has 1 amide bonds. The standard InChI is InChI=1S/C15H19NO6/c1-10(2)22-13(17)8-12(14(18)19)16-15(20)21-9-11-6-4-3-5-7-11/h3-7,10,12H,8-9H2,1-2H3,(H,16,20)(H,18,19)/t12-/m0/s1. The number of hydrogen-bond donors (Lipinski definition) is 2. The highest BCUT2D eigenvalue weighted by molar-refractivity contribution is 5.85. The zero-order valence-corrected chi connectivity index (χ0v) is 12.4. The Balaban J connectivity index is 2.47. The summed E-state index contributed by atoms with van der Waals surface area (Å²) in [5.74, 6) is -2.04. The van der Waals surface area contributed by atoms with Crippen LogP contribution in [0.15, 0.2) is 30.3 Å². The molecule has 0 bridgehead atoms. The molecule has 1 atom stereocenters. The maximum absolute atomic E-state index is 11.6. The number of alkyl carbamates (subject to hydrolysis) is 1. The highest BCUT2D eigenvalue weighted by atomic mass is 16.6. The van der Waals surface area contributed by atoms with E-state index in [0.717, 1.165) is 5.56 Å². The van der Waals surface area contributed by atoms with Crippen LogP contribution in [0, 0.1) is 0 Å². The third kappa shape index (κ3) is 6.74. The van der Waals surface area contributed by atoms with Gasteiger partial charge in [0.1, 0.15) is 12.6 Å². The molecule has 0 aliphatic rings. The number of hydrogen-bond acceptors (Lipinski definition) is 5. The lowest BCUT2D eigenvalue weighted by atomic mass is 10.2. The predicted octanol–water partition coefficient (Wildman–Crippen LogP) is 1.71. The summed E-state index contributed by atoms with van der Waals surface area (Å²) in [6, 6.07) is 7.54. The van der Waals surface area contributed by atoms with Gasteiger partial charge in [-0.1, -0.05) is 30.3 Å². The molecule has 0 fully saturated rings. The van der Waals surface area contributed by atoms with Gasteiger partial charge < -0.3 is 19.9 Å². The van der Waals surface area contributed by atoms with Crippen molar-refractivity contribution >= 4 is 18.0 Å². The van der Waals surface area contributed by atoms with Crippen LogP contribution in [-0.4, -0.2) is 35.3 Å². The van der Waals surface area contributed by atoms with Crippen LogP contribution in [0.5, 0.6) is 0 Å². The number of ether oxygens (including phenoxy) is 2. The van der Waals surface area contributed by atoms with Gasteiger partial charge in [0.05, 0.1) is 12.5 Å². The number of amides is 1. The first-order valence-corrected chi connectivity index (χ1v) is 6.78. The van der Waals surface area contributed by atoms with Gasteiger partial charge in [0.25, 0.3) is 0 Å². The lowest BCUT2D eigenvalue weighted by Gasteiger charge is -2.15. The second-order valence-electron chi connectivity index (χ2n) is 4.84. The second-order valence-corrected chi connectivity index (χ2v) is 4.84. The van der Waals surface area contributed by atoms with Gasteiger partial charge in [-0.25, -0.2) is 9.59 Å². The fourth-order valence-electron chi connectivity index (χ4n) is 1.58. The fraction of sp³-hybridized carbons (Fsp3) is 0.400. The summed E-state index contributed by atoms with van der Waals surface area (Å²) in [4.78, 5) is 34.1. The molecule has 2 N–H and O–H groups in total. The van der Waals surface area contributed by atoms with Gasteiger partial charge in [0, 0.05) is 0 Å². The Bertz CT molecular complexity index is 514. The summed E-state index contributed by atoms with van der Waals surface area (Å²) < 4.78 is 9.75. The van der Waals surface area contributed by atoms with Crippen molar-refractivity contribution in [1.29, 1.82) is 0 Å². The van der Waals surface area contributed by atoms with E-state index < -0.39 is 30.5 Å². The average Bonchev–Trinajstić information content (AvgIpc) is 2.44. The number of carboxylic acid groups (broad SMARTS) is 1. The van der Waals surface area contributed by atoms with E-state index in [-0.39, 0.29) is 12.7 Å². The van der Waals surface area contributed by atoms with E-state index in [1.54, 1.807) is 38.1 Å². The van der Waals surface area contributed by atoms with Crippen LogP contribution in [0.1, 0.15) is 25.8 Å². The van der Waals surface area contributed by atoms with Crippen LogP contribution >= 0.6 is 0 Å². The number of carbonyl (C=O) groups excluding carboxylic acids is 2. The molecule has 22 heavy (non-hydrogen) atoms. The van der Waals surface area contributed by atoms with Gasteiger partial charge in [0.2, 0.25) is 0 Å². The zero-order chi connectivity index (χ0) is 16.5. The molecule has 7 heteroatoms. The Labute approximate surface area is 128 Å². The topological polar surface area (TPSA) is 102 Å². The molecule has 7 nitrogen and oxygen atoms in total. The molecule has 1 rings (SSSR count). The lowest BCUT2D eigenvalue weighted by molar-refractivity contribution is -0.152. The van der Waals surface area contributed by atoms with Crippen LogP contribution < -0.4 is 5.32 Å². The van der Waals surface area contributed by atoms with E-state index in [2.05, 4.69) is 5.32 Å². The predicted molar refractivity (Wildman–Crippen MR) is 77.0 cm³/mol. The van der Waals surface area contributed by atoms with Crippen LogP contribution in [0.3, 0.4) is 0 Å². The Morgan fingerprint density at radius 1 is 1.18 bits per heavy atom. The summed E-state index contributed by atoms with van der Waals surface area (Å²) in [5, 5.41) is 11.1. The number of nitrogens with one attached hydrogen (secondary N) is 1. The largest absolute Gasteiger partial charge is 0.480 e. The summed E-state index contributed by atoms with van der Waals surface area (Å²) >= 11 is 0. The molecule has 0 aromatic heterocycles. The summed E-state index contributed by atoms with van der Waals surface area (Å²) in [6.45, 7) is 3.31. The first-order valence-electron chi connectivity index (χ1n) is 6.78. The number of carboxylic acids is 1. The highest BCUT2D eigenvalue weighted by Gasteiger charge is 2.25. The van der Waals surface area contributed by atoms with E-state index >= 15 is 0 Å². The van der Waals surface area contributed by atoms with Gasteiger partial charge in [-0.3, -0.25) is 4.79 Å². The highest BCUT2D eigenvalue weighted by Crippen LogP contribution is 2.03. The van der Waals surface area contributed by atoms with E-state index in [1.165, 1.54) is 0 Å². The number of aliphatic carboxylic acids is 1. The lowest BCUT2D eigenvalue weighted by Crippen LogP contribution is -2.42. The molecule has 0 unspecified atom stereocenters. The third-order valence-electron chi connectivity index (χ3n) is 2.54. The van der Waals surface area contributed by atoms with Crippen molar-refractivity contribution in [3.05, 3.63) is 35.9 Å². The van der Waals surface area contributed by atoms with E-state index in [0.29, 0.717) is 0 Å². The van der Waals surface area contributed by atoms with Gasteiger partial charge >= 0.3 is 18.0 Å². The number of benzene rings is 1. The van der Waals surface area contributed by atoms with Crippen molar-refractivity contribution in [3.63, 3.8) is 0 Å². The molecule has 0 heterocycles. The van der Waals surface area contributed by atoms with Crippen LogP contribution in [0.4, 0.5) is 4.79 Å². The monoisotopic (exact) mass is 309 g/mol. The summed E-state index contributed by atoms with van der Waals surface area (Å²) in [7, 11) is 0. The molecule has 120 valence electrons. The van der Waals surface area contributed by atoms with Gasteiger partial charge in [-0.2, -0.15) is 0 Å². The minimum absolute atomic E-state index is 0.00938. The number of rotatable bonds is 7. The third-order valence-corrected chi connectivity index (χ3v) is 2.54. The Kier molecular flexibility index (Phi) is 6.88. The molecular weight excluding hydrogens is 290 g/mol. The van der Waals surface area contributed by atoms with Gasteiger partial charge in [-0.15, -0.1) is 0 Å². The van der Waals surface area contributed by atoms with Crippen molar-refractivity contribution in [2.24, 2.45) is 0 Å². The van der Waals surface area contributed by atoms with Crippen LogP contribution in [0.2, 0.25) is 0 Å². The minimum Gasteiger partial charge on any atom is -0.480 e. The summed E-state index contributed by atoms with van der Waals surface area (Å²) in [6.07, 6.45) is -1.73. The first-order chi connectivity index (χ1) is 10.4. The minimum atomic E-state index is -1.39. The Morgan fingerprint density at radius 3 is 2.36 bits per heavy atom. The van der Waals surface area contributed by atoms with Crippen LogP contribution in [-0.2, 0) is 25.7 Å². The van der Waals surface area contributed by atoms with Gasteiger partial charge in [-0.05, 0) is 19.4 Å².